The van der Waals surface area contributed by atoms with E-state index in [1.807, 2.05) is 20.8 Å². The molecule has 28 heavy (non-hydrogen) atoms. The lowest BCUT2D eigenvalue weighted by molar-refractivity contribution is 0.0509. The highest BCUT2D eigenvalue weighted by Crippen LogP contribution is 2.34. The average molecular weight is 390 g/mol. The molecule has 2 aliphatic rings. The number of nitrogens with zero attached hydrogens (tertiary/aromatic N) is 3. The molecular weight excluding hydrogens is 354 g/mol. The van der Waals surface area contributed by atoms with Gasteiger partial charge in [-0.15, -0.1) is 0 Å². The largest absolute Gasteiger partial charge is 0.444 e. The predicted molar refractivity (Wildman–Crippen MR) is 111 cm³/mol. The van der Waals surface area contributed by atoms with Gasteiger partial charge >= 0.3 is 6.09 Å². The number of nitrogens with one attached hydrogen (secondary N) is 1. The summed E-state index contributed by atoms with van der Waals surface area (Å²) in [7, 11) is 0. The number of fused-ring (bicyclic) bond motifs is 1. The van der Waals surface area contributed by atoms with Crippen LogP contribution in [-0.2, 0) is 17.6 Å². The number of alkyl carbamates (subject to hydrolysis) is 1. The van der Waals surface area contributed by atoms with E-state index in [4.69, 9.17) is 10.5 Å². The molecule has 0 saturated carbocycles. The minimum absolute atomic E-state index is 0.0546. The Balaban J connectivity index is 1.68. The summed E-state index contributed by atoms with van der Waals surface area (Å²) in [4.78, 5) is 23.4. The van der Waals surface area contributed by atoms with Gasteiger partial charge in [-0.2, -0.15) is 4.98 Å². The van der Waals surface area contributed by atoms with E-state index in [0.29, 0.717) is 17.8 Å². The van der Waals surface area contributed by atoms with Gasteiger partial charge in [0.15, 0.2) is 0 Å². The van der Waals surface area contributed by atoms with Crippen LogP contribution < -0.4 is 16.0 Å². The number of hydrogen-bond acceptors (Lipinski definition) is 6. The number of hydrogen-bond donors (Lipinski definition) is 2. The first-order valence-corrected chi connectivity index (χ1v) is 10.5. The third kappa shape index (κ3) is 5.26. The van der Waals surface area contributed by atoms with E-state index in [0.717, 1.165) is 43.9 Å². The number of anilines is 2. The Bertz CT molecular complexity index is 713. The molecule has 1 fully saturated rings. The first kappa shape index (κ1) is 20.7. The first-order valence-electron chi connectivity index (χ1n) is 10.5. The van der Waals surface area contributed by atoms with Gasteiger partial charge in [-0.25, -0.2) is 9.78 Å². The van der Waals surface area contributed by atoms with Gasteiger partial charge in [-0.3, -0.25) is 0 Å². The summed E-state index contributed by atoms with van der Waals surface area (Å²) in [5.74, 6) is 2.68. The average Bonchev–Trinajstić information content (AvgIpc) is 2.99. The molecule has 1 aromatic heterocycles. The fourth-order valence-corrected chi connectivity index (χ4v) is 4.36. The highest BCUT2D eigenvalue weighted by Gasteiger charge is 2.31. The van der Waals surface area contributed by atoms with E-state index >= 15 is 0 Å². The van der Waals surface area contributed by atoms with Crippen molar-refractivity contribution in [3.05, 3.63) is 11.3 Å². The molecule has 2 atom stereocenters. The smallest absolute Gasteiger partial charge is 0.407 e. The second kappa shape index (κ2) is 8.13. The summed E-state index contributed by atoms with van der Waals surface area (Å²) in [5.41, 5.74) is 7.91. The van der Waals surface area contributed by atoms with Gasteiger partial charge in [0.1, 0.15) is 11.4 Å². The van der Waals surface area contributed by atoms with E-state index in [9.17, 15) is 4.79 Å². The van der Waals surface area contributed by atoms with Gasteiger partial charge < -0.3 is 20.7 Å². The van der Waals surface area contributed by atoms with Gasteiger partial charge in [-0.1, -0.05) is 13.8 Å². The lowest BCUT2D eigenvalue weighted by Crippen LogP contribution is -2.40. The molecule has 7 nitrogen and oxygen atoms in total. The van der Waals surface area contributed by atoms with Crippen LogP contribution in [0.15, 0.2) is 0 Å². The number of amides is 1. The molecule has 3 rings (SSSR count). The second-order valence-corrected chi connectivity index (χ2v) is 9.65. The molecule has 0 radical (unpaired) electrons. The van der Waals surface area contributed by atoms with Gasteiger partial charge in [0.05, 0.1) is 11.7 Å². The van der Waals surface area contributed by atoms with Crippen molar-refractivity contribution in [2.45, 2.75) is 78.4 Å². The predicted octanol–water partition coefficient (Wildman–Crippen LogP) is 3.31. The van der Waals surface area contributed by atoms with Gasteiger partial charge in [0.2, 0.25) is 5.95 Å². The number of ether oxygens (including phenoxy) is 1. The van der Waals surface area contributed by atoms with Crippen LogP contribution in [0.4, 0.5) is 16.6 Å². The lowest BCUT2D eigenvalue weighted by atomic mass is 9.82. The van der Waals surface area contributed by atoms with Crippen molar-refractivity contribution >= 4 is 17.9 Å². The number of rotatable bonds is 4. The Kier molecular flexibility index (Phi) is 6.01. The molecular formula is C21H35N5O2. The summed E-state index contributed by atoms with van der Waals surface area (Å²) >= 11 is 0. The second-order valence-electron chi connectivity index (χ2n) is 9.65. The zero-order chi connectivity index (χ0) is 20.5. The van der Waals surface area contributed by atoms with Crippen molar-refractivity contribution in [1.29, 1.82) is 0 Å². The molecule has 0 bridgehead atoms. The van der Waals surface area contributed by atoms with Crippen molar-refractivity contribution in [2.24, 2.45) is 11.8 Å². The number of carbonyl (C=O) groups excluding carboxylic acids is 1. The summed E-state index contributed by atoms with van der Waals surface area (Å²) in [6.45, 7) is 11.7. The molecule has 1 amide bonds. The standard InChI is InChI=1S/C21H35N5O2/c1-13(2)10-14-6-7-16-17(11-14)24-19(22)25-18(16)26-9-8-15(12-26)23-20(27)28-21(3,4)5/h13-15H,6-12H2,1-5H3,(H,23,27)(H2,22,24,25). The van der Waals surface area contributed by atoms with Crippen LogP contribution in [-0.4, -0.2) is 40.8 Å². The van der Waals surface area contributed by atoms with Crippen molar-refractivity contribution in [3.8, 4) is 0 Å². The van der Waals surface area contributed by atoms with Crippen LogP contribution in [0.1, 0.15) is 65.1 Å². The van der Waals surface area contributed by atoms with Gasteiger partial charge in [-0.05, 0) is 64.7 Å². The van der Waals surface area contributed by atoms with Crippen molar-refractivity contribution in [2.75, 3.05) is 23.7 Å². The Hall–Kier alpha value is -2.05. The molecule has 1 aliphatic carbocycles. The van der Waals surface area contributed by atoms with Gasteiger partial charge in [0, 0.05) is 18.7 Å². The number of carbonyl (C=O) groups is 1. The lowest BCUT2D eigenvalue weighted by Gasteiger charge is -2.29. The third-order valence-corrected chi connectivity index (χ3v) is 5.39. The van der Waals surface area contributed by atoms with Crippen molar-refractivity contribution in [1.82, 2.24) is 15.3 Å². The Morgan fingerprint density at radius 2 is 2.07 bits per heavy atom. The van der Waals surface area contributed by atoms with E-state index in [2.05, 4.69) is 34.0 Å². The molecule has 156 valence electrons. The quantitative estimate of drug-likeness (QED) is 0.820. The molecule has 2 unspecified atom stereocenters. The fraction of sp³-hybridized carbons (Fsp3) is 0.762. The summed E-state index contributed by atoms with van der Waals surface area (Å²) in [6.07, 6.45) is 4.90. The van der Waals surface area contributed by atoms with Gasteiger partial charge in [0.25, 0.3) is 0 Å². The molecule has 1 saturated heterocycles. The number of nitrogens with two attached hydrogens (primary N) is 1. The maximum Gasteiger partial charge on any atom is 0.407 e. The summed E-state index contributed by atoms with van der Waals surface area (Å²) < 4.78 is 5.38. The van der Waals surface area contributed by atoms with Crippen LogP contribution in [0.2, 0.25) is 0 Å². The summed E-state index contributed by atoms with van der Waals surface area (Å²) in [6, 6.07) is 0.0546. The molecule has 2 heterocycles. The minimum Gasteiger partial charge on any atom is -0.444 e. The van der Waals surface area contributed by atoms with E-state index in [-0.39, 0.29) is 12.1 Å². The van der Waals surface area contributed by atoms with Crippen LogP contribution in [0, 0.1) is 11.8 Å². The highest BCUT2D eigenvalue weighted by molar-refractivity contribution is 5.68. The zero-order valence-corrected chi connectivity index (χ0v) is 17.9. The van der Waals surface area contributed by atoms with Crippen LogP contribution in [0.5, 0.6) is 0 Å². The maximum absolute atomic E-state index is 12.1. The Morgan fingerprint density at radius 3 is 2.75 bits per heavy atom. The normalized spacial score (nSPS) is 22.3. The van der Waals surface area contributed by atoms with E-state index in [1.165, 1.54) is 18.4 Å². The Morgan fingerprint density at radius 1 is 1.32 bits per heavy atom. The molecule has 0 spiro atoms. The molecule has 1 aliphatic heterocycles. The zero-order valence-electron chi connectivity index (χ0n) is 17.9. The van der Waals surface area contributed by atoms with E-state index in [1.54, 1.807) is 0 Å². The Labute approximate surface area is 168 Å². The van der Waals surface area contributed by atoms with Crippen LogP contribution in [0.25, 0.3) is 0 Å². The van der Waals surface area contributed by atoms with Crippen LogP contribution >= 0.6 is 0 Å². The summed E-state index contributed by atoms with van der Waals surface area (Å²) in [5, 5.41) is 2.98. The highest BCUT2D eigenvalue weighted by atomic mass is 16.6. The van der Waals surface area contributed by atoms with E-state index < -0.39 is 5.60 Å². The molecule has 1 aromatic rings. The molecule has 3 N–H and O–H groups in total. The third-order valence-electron chi connectivity index (χ3n) is 5.39. The van der Waals surface area contributed by atoms with Crippen molar-refractivity contribution < 1.29 is 9.53 Å². The van der Waals surface area contributed by atoms with Crippen LogP contribution in [0.3, 0.4) is 0 Å². The monoisotopic (exact) mass is 389 g/mol. The maximum atomic E-state index is 12.1. The fourth-order valence-electron chi connectivity index (χ4n) is 4.36. The molecule has 7 heteroatoms. The topological polar surface area (TPSA) is 93.4 Å². The number of nitrogen functional groups attached to an aromatic ring is 1. The minimum atomic E-state index is -0.491. The SMILES string of the molecule is CC(C)CC1CCc2c(nc(N)nc2N2CCC(NC(=O)OC(C)(C)C)C2)C1. The molecule has 0 aromatic carbocycles. The number of aromatic nitrogens is 2. The first-order chi connectivity index (χ1) is 13.1. The van der Waals surface area contributed by atoms with Crippen molar-refractivity contribution in [3.63, 3.8) is 0 Å².